The second-order valence-electron chi connectivity index (χ2n) is 3.33. The fraction of sp³-hybridized carbons (Fsp3) is 0.357. The van der Waals surface area contributed by atoms with Crippen molar-refractivity contribution in [1.82, 2.24) is 0 Å². The van der Waals surface area contributed by atoms with E-state index in [9.17, 15) is 0 Å². The maximum atomic E-state index is 4.21. The molecular weight excluding hydrogens is 196 g/mol. The first-order chi connectivity index (χ1) is 7.88. The van der Waals surface area contributed by atoms with Gasteiger partial charge in [-0.25, -0.2) is 4.99 Å². The quantitative estimate of drug-likeness (QED) is 0.539. The molecule has 16 heavy (non-hydrogen) atoms. The molecular formula is C14H16N2. The second kappa shape index (κ2) is 7.45. The number of hydrogen-bond donors (Lipinski definition) is 0. The Labute approximate surface area is 97.1 Å². The van der Waals surface area contributed by atoms with Crippen LogP contribution in [0.4, 0.5) is 5.69 Å². The zero-order chi connectivity index (χ0) is 11.6. The van der Waals surface area contributed by atoms with E-state index in [2.05, 4.69) is 34.8 Å². The summed E-state index contributed by atoms with van der Waals surface area (Å²) in [5, 5.41) is 0. The molecule has 2 nitrogen and oxygen atoms in total. The van der Waals surface area contributed by atoms with Gasteiger partial charge in [0.05, 0.1) is 11.7 Å². The lowest BCUT2D eigenvalue weighted by molar-refractivity contribution is 0.937. The highest BCUT2D eigenvalue weighted by Gasteiger charge is 1.96. The van der Waals surface area contributed by atoms with E-state index in [0.717, 1.165) is 30.6 Å². The number of rotatable bonds is 4. The maximum absolute atomic E-state index is 4.21. The van der Waals surface area contributed by atoms with Gasteiger partial charge in [-0.1, -0.05) is 31.0 Å². The highest BCUT2D eigenvalue weighted by Crippen LogP contribution is 2.17. The molecule has 0 aromatic heterocycles. The third-order valence-corrected chi connectivity index (χ3v) is 2.02. The molecule has 1 aromatic carbocycles. The number of benzene rings is 1. The molecule has 0 saturated carbocycles. The summed E-state index contributed by atoms with van der Waals surface area (Å²) < 4.78 is 0. The van der Waals surface area contributed by atoms with Gasteiger partial charge in [0, 0.05) is 13.0 Å². The molecule has 0 amide bonds. The van der Waals surface area contributed by atoms with Crippen molar-refractivity contribution in [2.24, 2.45) is 9.98 Å². The summed E-state index contributed by atoms with van der Waals surface area (Å²) in [6.07, 6.45) is 1.75. The highest BCUT2D eigenvalue weighted by molar-refractivity contribution is 5.56. The van der Waals surface area contributed by atoms with Crippen molar-refractivity contribution in [2.45, 2.75) is 26.7 Å². The fourth-order valence-electron chi connectivity index (χ4n) is 1.20. The lowest BCUT2D eigenvalue weighted by Crippen LogP contribution is -1.81. The summed E-state index contributed by atoms with van der Waals surface area (Å²) in [5.74, 6) is 5.92. The smallest absolute Gasteiger partial charge is 0.0949 e. The van der Waals surface area contributed by atoms with Crippen molar-refractivity contribution in [3.8, 4) is 11.8 Å². The summed E-state index contributed by atoms with van der Waals surface area (Å²) in [6, 6.07) is 10.7. The van der Waals surface area contributed by atoms with Crippen molar-refractivity contribution in [2.75, 3.05) is 6.54 Å². The Morgan fingerprint density at radius 1 is 1.25 bits per heavy atom. The van der Waals surface area contributed by atoms with Crippen molar-refractivity contribution in [3.05, 3.63) is 29.8 Å². The van der Waals surface area contributed by atoms with E-state index in [0.29, 0.717) is 0 Å². The first-order valence-electron chi connectivity index (χ1n) is 5.48. The van der Waals surface area contributed by atoms with E-state index < -0.39 is 0 Å². The third kappa shape index (κ3) is 4.13. The number of nitrogens with zero attached hydrogens (tertiary/aromatic N) is 2. The SMILES string of the molecule is CC#CCc1ccccc1N=C=NCCC. The molecule has 82 valence electrons. The first kappa shape index (κ1) is 12.2. The van der Waals surface area contributed by atoms with E-state index >= 15 is 0 Å². The van der Waals surface area contributed by atoms with Crippen LogP contribution in [0.25, 0.3) is 0 Å². The lowest BCUT2D eigenvalue weighted by atomic mass is 10.1. The fourth-order valence-corrected chi connectivity index (χ4v) is 1.20. The average molecular weight is 212 g/mol. The molecule has 0 aliphatic heterocycles. The van der Waals surface area contributed by atoms with E-state index in [1.807, 2.05) is 31.2 Å². The minimum atomic E-state index is 0.728. The molecule has 0 aliphatic rings. The van der Waals surface area contributed by atoms with Crippen LogP contribution in [0.3, 0.4) is 0 Å². The Morgan fingerprint density at radius 3 is 2.81 bits per heavy atom. The minimum Gasteiger partial charge on any atom is -0.225 e. The first-order valence-corrected chi connectivity index (χ1v) is 5.48. The van der Waals surface area contributed by atoms with Gasteiger partial charge >= 0.3 is 0 Å². The van der Waals surface area contributed by atoms with Gasteiger partial charge in [-0.2, -0.15) is 4.99 Å². The molecule has 0 aliphatic carbocycles. The molecule has 0 fully saturated rings. The van der Waals surface area contributed by atoms with Crippen LogP contribution in [0.15, 0.2) is 34.3 Å². The van der Waals surface area contributed by atoms with Crippen molar-refractivity contribution in [1.29, 1.82) is 0 Å². The van der Waals surface area contributed by atoms with Gasteiger partial charge in [0.1, 0.15) is 0 Å². The van der Waals surface area contributed by atoms with Crippen LogP contribution in [0, 0.1) is 11.8 Å². The molecule has 0 heterocycles. The Hall–Kier alpha value is -1.84. The maximum Gasteiger partial charge on any atom is 0.0949 e. The lowest BCUT2D eigenvalue weighted by Gasteiger charge is -1.98. The Kier molecular flexibility index (Phi) is 5.70. The molecule has 1 rings (SSSR count). The van der Waals surface area contributed by atoms with Crippen LogP contribution in [0.2, 0.25) is 0 Å². The summed E-state index contributed by atoms with van der Waals surface area (Å²) in [7, 11) is 0. The molecule has 0 spiro atoms. The summed E-state index contributed by atoms with van der Waals surface area (Å²) in [4.78, 5) is 8.27. The average Bonchev–Trinajstić information content (AvgIpc) is 2.33. The molecule has 0 atom stereocenters. The van der Waals surface area contributed by atoms with E-state index in [1.54, 1.807) is 0 Å². The number of para-hydroxylation sites is 1. The van der Waals surface area contributed by atoms with Gasteiger partial charge in [0.25, 0.3) is 0 Å². The van der Waals surface area contributed by atoms with Crippen molar-refractivity contribution >= 4 is 11.7 Å². The monoisotopic (exact) mass is 212 g/mol. The van der Waals surface area contributed by atoms with Gasteiger partial charge in [-0.3, -0.25) is 0 Å². The van der Waals surface area contributed by atoms with E-state index in [4.69, 9.17) is 0 Å². The molecule has 2 heteroatoms. The van der Waals surface area contributed by atoms with Crippen LogP contribution in [-0.4, -0.2) is 12.6 Å². The Morgan fingerprint density at radius 2 is 2.06 bits per heavy atom. The van der Waals surface area contributed by atoms with Crippen molar-refractivity contribution < 1.29 is 0 Å². The highest BCUT2D eigenvalue weighted by atomic mass is 14.8. The van der Waals surface area contributed by atoms with E-state index in [1.165, 1.54) is 0 Å². The summed E-state index contributed by atoms with van der Waals surface area (Å²) >= 11 is 0. The number of aliphatic imine (C=N–C) groups is 2. The van der Waals surface area contributed by atoms with Crippen LogP contribution in [-0.2, 0) is 6.42 Å². The zero-order valence-corrected chi connectivity index (χ0v) is 9.83. The minimum absolute atomic E-state index is 0.728. The summed E-state index contributed by atoms with van der Waals surface area (Å²) in [5.41, 5.74) is 2.03. The van der Waals surface area contributed by atoms with Crippen LogP contribution in [0.1, 0.15) is 25.8 Å². The molecule has 0 saturated heterocycles. The van der Waals surface area contributed by atoms with Crippen LogP contribution < -0.4 is 0 Å². The summed E-state index contributed by atoms with van der Waals surface area (Å²) in [6.45, 7) is 4.70. The molecule has 0 radical (unpaired) electrons. The predicted octanol–water partition coefficient (Wildman–Crippen LogP) is 3.47. The van der Waals surface area contributed by atoms with Crippen molar-refractivity contribution in [3.63, 3.8) is 0 Å². The molecule has 0 bridgehead atoms. The molecule has 0 N–H and O–H groups in total. The zero-order valence-electron chi connectivity index (χ0n) is 9.83. The third-order valence-electron chi connectivity index (χ3n) is 2.02. The topological polar surface area (TPSA) is 24.7 Å². The predicted molar refractivity (Wildman–Crippen MR) is 68.3 cm³/mol. The van der Waals surface area contributed by atoms with Gasteiger partial charge in [0.2, 0.25) is 0 Å². The van der Waals surface area contributed by atoms with Gasteiger partial charge < -0.3 is 0 Å². The van der Waals surface area contributed by atoms with Gasteiger partial charge in [0.15, 0.2) is 0 Å². The Bertz CT molecular complexity index is 443. The standard InChI is InChI=1S/C14H16N2/c1-3-5-8-13-9-6-7-10-14(13)16-12-15-11-4-2/h6-7,9-10H,4,8,11H2,1-2H3. The second-order valence-corrected chi connectivity index (χ2v) is 3.33. The largest absolute Gasteiger partial charge is 0.225 e. The van der Waals surface area contributed by atoms with Gasteiger partial charge in [-0.15, -0.1) is 5.92 Å². The number of hydrogen-bond acceptors (Lipinski definition) is 2. The Balaban J connectivity index is 2.84. The van der Waals surface area contributed by atoms with Crippen LogP contribution >= 0.6 is 0 Å². The van der Waals surface area contributed by atoms with E-state index in [-0.39, 0.29) is 0 Å². The molecule has 1 aromatic rings. The van der Waals surface area contributed by atoms with Crippen LogP contribution in [0.5, 0.6) is 0 Å². The normalized spacial score (nSPS) is 8.62. The van der Waals surface area contributed by atoms with Gasteiger partial charge in [-0.05, 0) is 25.0 Å². The molecule has 0 unspecified atom stereocenters.